The molecule has 1 aliphatic rings. The summed E-state index contributed by atoms with van der Waals surface area (Å²) in [6, 6.07) is 8.46. The van der Waals surface area contributed by atoms with Gasteiger partial charge in [0.05, 0.1) is 5.52 Å². The number of pyridine rings is 1. The van der Waals surface area contributed by atoms with Gasteiger partial charge in [0.2, 0.25) is 0 Å². The monoisotopic (exact) mass is 289 g/mol. The molecule has 0 bridgehead atoms. The highest BCUT2D eigenvalue weighted by molar-refractivity contribution is 6.31. The lowest BCUT2D eigenvalue weighted by Crippen LogP contribution is -2.35. The van der Waals surface area contributed by atoms with Crippen molar-refractivity contribution < 1.29 is 0 Å². The molecule has 0 aliphatic carbocycles. The number of nitrogens with zero attached hydrogens (tertiary/aromatic N) is 2. The van der Waals surface area contributed by atoms with Crippen LogP contribution in [0.1, 0.15) is 19.8 Å². The fourth-order valence-corrected chi connectivity index (χ4v) is 3.01. The summed E-state index contributed by atoms with van der Waals surface area (Å²) in [4.78, 5) is 6.92. The van der Waals surface area contributed by atoms with Gasteiger partial charge >= 0.3 is 0 Å². The van der Waals surface area contributed by atoms with Crippen molar-refractivity contribution in [3.8, 4) is 0 Å². The third kappa shape index (κ3) is 2.89. The zero-order valence-corrected chi connectivity index (χ0v) is 12.5. The largest absolute Gasteiger partial charge is 0.383 e. The van der Waals surface area contributed by atoms with Crippen molar-refractivity contribution in [2.24, 2.45) is 0 Å². The lowest BCUT2D eigenvalue weighted by molar-refractivity contribution is 0.269. The predicted octanol–water partition coefficient (Wildman–Crippen LogP) is 3.78. The van der Waals surface area contributed by atoms with E-state index in [1.165, 1.54) is 25.9 Å². The van der Waals surface area contributed by atoms with Gasteiger partial charge < -0.3 is 5.32 Å². The summed E-state index contributed by atoms with van der Waals surface area (Å²) in [6.45, 7) is 5.71. The van der Waals surface area contributed by atoms with Gasteiger partial charge in [0.15, 0.2) is 0 Å². The van der Waals surface area contributed by atoms with Crippen molar-refractivity contribution in [3.63, 3.8) is 0 Å². The molecular weight excluding hydrogens is 270 g/mol. The molecule has 1 aromatic heterocycles. The molecule has 20 heavy (non-hydrogen) atoms. The number of nitrogens with one attached hydrogen (secondary N) is 1. The maximum atomic E-state index is 6.02. The van der Waals surface area contributed by atoms with Gasteiger partial charge in [0.25, 0.3) is 0 Å². The quantitative estimate of drug-likeness (QED) is 0.928. The van der Waals surface area contributed by atoms with Crippen LogP contribution in [0.15, 0.2) is 30.5 Å². The Morgan fingerprint density at radius 1 is 1.30 bits per heavy atom. The standard InChI is InChI=1S/C16H20ClN3/c1-12(20-8-2-3-9-20)11-19-15-6-7-18-16-10-13(17)4-5-14(15)16/h4-7,10,12H,2-3,8-9,11H2,1H3,(H,18,19). The number of anilines is 1. The van der Waals surface area contributed by atoms with E-state index in [1.807, 2.05) is 30.5 Å². The van der Waals surface area contributed by atoms with Gasteiger partial charge in [-0.15, -0.1) is 0 Å². The summed E-state index contributed by atoms with van der Waals surface area (Å²) >= 11 is 6.02. The minimum Gasteiger partial charge on any atom is -0.383 e. The number of fused-ring (bicyclic) bond motifs is 1. The number of benzene rings is 1. The molecule has 1 N–H and O–H groups in total. The van der Waals surface area contributed by atoms with Gasteiger partial charge in [-0.2, -0.15) is 0 Å². The maximum absolute atomic E-state index is 6.02. The molecule has 3 rings (SSSR count). The molecule has 2 aromatic rings. The van der Waals surface area contributed by atoms with Crippen molar-refractivity contribution in [3.05, 3.63) is 35.5 Å². The Hall–Kier alpha value is -1.32. The van der Waals surface area contributed by atoms with Crippen LogP contribution < -0.4 is 5.32 Å². The maximum Gasteiger partial charge on any atom is 0.0737 e. The Bertz CT molecular complexity index is 593. The van der Waals surface area contributed by atoms with Gasteiger partial charge in [0.1, 0.15) is 0 Å². The Labute approximate surface area is 124 Å². The minimum atomic E-state index is 0.563. The van der Waals surface area contributed by atoms with Crippen LogP contribution in [0, 0.1) is 0 Å². The molecule has 106 valence electrons. The number of likely N-dealkylation sites (tertiary alicyclic amines) is 1. The molecular formula is C16H20ClN3. The Balaban J connectivity index is 1.74. The Morgan fingerprint density at radius 2 is 2.10 bits per heavy atom. The lowest BCUT2D eigenvalue weighted by Gasteiger charge is -2.24. The summed E-state index contributed by atoms with van der Waals surface area (Å²) in [5.41, 5.74) is 2.08. The first-order chi connectivity index (χ1) is 9.74. The van der Waals surface area contributed by atoms with E-state index in [-0.39, 0.29) is 0 Å². The Kier molecular flexibility index (Phi) is 4.08. The number of aromatic nitrogens is 1. The van der Waals surface area contributed by atoms with Gasteiger partial charge in [0, 0.05) is 34.9 Å². The zero-order chi connectivity index (χ0) is 13.9. The molecule has 1 atom stereocenters. The van der Waals surface area contributed by atoms with Crippen molar-refractivity contribution in [2.75, 3.05) is 25.0 Å². The SMILES string of the molecule is CC(CNc1ccnc2cc(Cl)ccc12)N1CCCC1. The third-order valence-electron chi connectivity index (χ3n) is 4.06. The summed E-state index contributed by atoms with van der Waals surface area (Å²) < 4.78 is 0. The van der Waals surface area contributed by atoms with Crippen LogP contribution in [-0.2, 0) is 0 Å². The minimum absolute atomic E-state index is 0.563. The first-order valence-corrected chi connectivity index (χ1v) is 7.64. The molecule has 4 heteroatoms. The number of hydrogen-bond donors (Lipinski definition) is 1. The van der Waals surface area contributed by atoms with E-state index in [2.05, 4.69) is 22.1 Å². The van der Waals surface area contributed by atoms with E-state index >= 15 is 0 Å². The molecule has 1 unspecified atom stereocenters. The molecule has 0 amide bonds. The molecule has 0 saturated carbocycles. The molecule has 1 aromatic carbocycles. The van der Waals surface area contributed by atoms with Crippen molar-refractivity contribution in [1.29, 1.82) is 0 Å². The molecule has 1 fully saturated rings. The van der Waals surface area contributed by atoms with E-state index in [1.54, 1.807) is 0 Å². The van der Waals surface area contributed by atoms with Crippen molar-refractivity contribution >= 4 is 28.2 Å². The van der Waals surface area contributed by atoms with Gasteiger partial charge in [-0.1, -0.05) is 11.6 Å². The van der Waals surface area contributed by atoms with E-state index in [0.717, 1.165) is 28.2 Å². The van der Waals surface area contributed by atoms with Crippen LogP contribution in [0.2, 0.25) is 5.02 Å². The highest BCUT2D eigenvalue weighted by Crippen LogP contribution is 2.24. The molecule has 2 heterocycles. The van der Waals surface area contributed by atoms with Crippen LogP contribution in [0.4, 0.5) is 5.69 Å². The van der Waals surface area contributed by atoms with Crippen LogP contribution in [0.3, 0.4) is 0 Å². The highest BCUT2D eigenvalue weighted by atomic mass is 35.5. The first-order valence-electron chi connectivity index (χ1n) is 7.26. The highest BCUT2D eigenvalue weighted by Gasteiger charge is 2.17. The number of hydrogen-bond acceptors (Lipinski definition) is 3. The molecule has 0 radical (unpaired) electrons. The average molecular weight is 290 g/mol. The lowest BCUT2D eigenvalue weighted by atomic mass is 10.2. The summed E-state index contributed by atoms with van der Waals surface area (Å²) in [5.74, 6) is 0. The normalized spacial score (nSPS) is 17.5. The van der Waals surface area contributed by atoms with Crippen molar-refractivity contribution in [1.82, 2.24) is 9.88 Å². The average Bonchev–Trinajstić information content (AvgIpc) is 2.98. The van der Waals surface area contributed by atoms with Gasteiger partial charge in [-0.3, -0.25) is 9.88 Å². The summed E-state index contributed by atoms with van der Waals surface area (Å²) in [6.07, 6.45) is 4.50. The van der Waals surface area contributed by atoms with Crippen LogP contribution in [0.25, 0.3) is 10.9 Å². The molecule has 1 saturated heterocycles. The second kappa shape index (κ2) is 5.98. The second-order valence-electron chi connectivity index (χ2n) is 5.49. The van der Waals surface area contributed by atoms with E-state index in [0.29, 0.717) is 6.04 Å². The summed E-state index contributed by atoms with van der Waals surface area (Å²) in [5, 5.41) is 5.42. The van der Waals surface area contributed by atoms with Crippen LogP contribution >= 0.6 is 11.6 Å². The summed E-state index contributed by atoms with van der Waals surface area (Å²) in [7, 11) is 0. The predicted molar refractivity (Wildman–Crippen MR) is 85.5 cm³/mol. The van der Waals surface area contributed by atoms with Gasteiger partial charge in [-0.25, -0.2) is 0 Å². The first kappa shape index (κ1) is 13.7. The van der Waals surface area contributed by atoms with Crippen LogP contribution in [-0.4, -0.2) is 35.6 Å². The smallest absolute Gasteiger partial charge is 0.0737 e. The molecule has 3 nitrogen and oxygen atoms in total. The number of rotatable bonds is 4. The topological polar surface area (TPSA) is 28.2 Å². The van der Waals surface area contributed by atoms with Crippen molar-refractivity contribution in [2.45, 2.75) is 25.8 Å². The molecule has 0 spiro atoms. The second-order valence-corrected chi connectivity index (χ2v) is 5.93. The van der Waals surface area contributed by atoms with E-state index in [4.69, 9.17) is 11.6 Å². The van der Waals surface area contributed by atoms with Gasteiger partial charge in [-0.05, 0) is 57.1 Å². The van der Waals surface area contributed by atoms with Crippen LogP contribution in [0.5, 0.6) is 0 Å². The fraction of sp³-hybridized carbons (Fsp3) is 0.438. The van der Waals surface area contributed by atoms with E-state index < -0.39 is 0 Å². The van der Waals surface area contributed by atoms with E-state index in [9.17, 15) is 0 Å². The number of halogens is 1. The zero-order valence-electron chi connectivity index (χ0n) is 11.8. The molecule has 1 aliphatic heterocycles. The third-order valence-corrected chi connectivity index (χ3v) is 4.29. The Morgan fingerprint density at radius 3 is 2.90 bits per heavy atom. The fourth-order valence-electron chi connectivity index (χ4n) is 2.84.